The van der Waals surface area contributed by atoms with E-state index in [0.29, 0.717) is 31.6 Å². The molecule has 0 saturated carbocycles. The number of unbranched alkanes of at least 4 members (excludes halogenated alkanes) is 37. The highest BCUT2D eigenvalue weighted by atomic mass is 31.2. The second-order valence-electron chi connectivity index (χ2n) is 28.6. The topological polar surface area (TPSA) is 237 Å². The van der Waals surface area contributed by atoms with E-state index in [1.54, 1.807) is 0 Å². The van der Waals surface area contributed by atoms with Gasteiger partial charge in [0.05, 0.1) is 26.4 Å². The summed E-state index contributed by atoms with van der Waals surface area (Å²) in [6.45, 7) is 14.1. The molecule has 0 rings (SSSR count). The monoisotopic (exact) mass is 1370 g/mol. The van der Waals surface area contributed by atoms with Crippen LogP contribution in [0.1, 0.15) is 370 Å². The van der Waals surface area contributed by atoms with Crippen molar-refractivity contribution in [2.45, 2.75) is 388 Å². The Morgan fingerprint density at radius 1 is 0.269 bits per heavy atom. The second-order valence-corrected chi connectivity index (χ2v) is 31.5. The molecular weight excluding hydrogens is 1220 g/mol. The molecule has 0 aliphatic carbocycles. The van der Waals surface area contributed by atoms with Crippen LogP contribution in [0.2, 0.25) is 0 Å². The predicted octanol–water partition coefficient (Wildman–Crippen LogP) is 21.3. The van der Waals surface area contributed by atoms with Gasteiger partial charge in [-0.25, -0.2) is 9.13 Å². The molecule has 5 atom stereocenters. The van der Waals surface area contributed by atoms with Gasteiger partial charge in [-0.3, -0.25) is 37.3 Å². The molecule has 0 aromatic carbocycles. The molecule has 0 fully saturated rings. The Kier molecular flexibility index (Phi) is 62.2. The largest absolute Gasteiger partial charge is 0.472 e. The minimum Gasteiger partial charge on any atom is -0.462 e. The zero-order valence-corrected chi connectivity index (χ0v) is 62.7. The number of aliphatic hydroxyl groups excluding tert-OH is 1. The SMILES string of the molecule is CC(C)CCCCCCCCCCCCCCCCC(=O)OC[C@H](COP(=O)(O)OC[C@@H](O)COP(=O)(O)OC[C@@H](COC(=O)CCCCCCCCC(C)C)OC(=O)CCCCCCCCCCCC(C)C)OC(=O)CCCCCCCCCCCCCCC(C)C. The van der Waals surface area contributed by atoms with Gasteiger partial charge < -0.3 is 33.8 Å². The van der Waals surface area contributed by atoms with Crippen molar-refractivity contribution >= 4 is 39.5 Å². The Bertz CT molecular complexity index is 1830. The van der Waals surface area contributed by atoms with Crippen LogP contribution in [0.4, 0.5) is 0 Å². The van der Waals surface area contributed by atoms with Gasteiger partial charge in [-0.05, 0) is 49.4 Å². The zero-order chi connectivity index (χ0) is 68.9. The number of rotatable bonds is 71. The molecule has 0 radical (unpaired) electrons. The molecule has 3 N–H and O–H groups in total. The maximum atomic E-state index is 13.1. The fourth-order valence-corrected chi connectivity index (χ4v) is 12.8. The first kappa shape index (κ1) is 91.1. The van der Waals surface area contributed by atoms with Gasteiger partial charge in [-0.15, -0.1) is 0 Å². The average molecular weight is 1370 g/mol. The highest BCUT2D eigenvalue weighted by Crippen LogP contribution is 2.45. The van der Waals surface area contributed by atoms with E-state index >= 15 is 0 Å². The highest BCUT2D eigenvalue weighted by molar-refractivity contribution is 7.47. The van der Waals surface area contributed by atoms with Gasteiger partial charge in [0.1, 0.15) is 19.3 Å². The van der Waals surface area contributed by atoms with E-state index in [2.05, 4.69) is 55.4 Å². The molecule has 552 valence electrons. The van der Waals surface area contributed by atoms with Gasteiger partial charge >= 0.3 is 39.5 Å². The van der Waals surface area contributed by atoms with Crippen LogP contribution < -0.4 is 0 Å². The molecule has 2 unspecified atom stereocenters. The average Bonchev–Trinajstić information content (AvgIpc) is 1.57. The molecule has 17 nitrogen and oxygen atoms in total. The minimum atomic E-state index is -4.96. The van der Waals surface area contributed by atoms with Crippen molar-refractivity contribution in [1.82, 2.24) is 0 Å². The Morgan fingerprint density at radius 2 is 0.452 bits per heavy atom. The maximum Gasteiger partial charge on any atom is 0.472 e. The van der Waals surface area contributed by atoms with E-state index in [1.807, 2.05) is 0 Å². The lowest BCUT2D eigenvalue weighted by Crippen LogP contribution is -2.30. The lowest BCUT2D eigenvalue weighted by atomic mass is 10.0. The summed E-state index contributed by atoms with van der Waals surface area (Å²) in [6.07, 6.45) is 47.4. The van der Waals surface area contributed by atoms with Crippen molar-refractivity contribution in [2.24, 2.45) is 23.7 Å². The van der Waals surface area contributed by atoms with Gasteiger partial charge in [0.15, 0.2) is 12.2 Å². The standard InChI is InChI=1S/C74H144O17P2/c1-64(2)50-42-34-26-20-15-11-9-10-12-17-23-29-38-46-54-71(76)84-60-69(90-73(78)56-48-40-30-24-18-14-13-16-21-27-35-43-51-65(3)4)62-88-92(80,81)86-58-68(75)59-87-93(82,83)89-63-70(61-85-72(77)55-47-39-33-32-37-45-53-67(7)8)91-74(79)57-49-41-31-25-19-22-28-36-44-52-66(5)6/h64-70,75H,9-63H2,1-8H3,(H,80,81)(H,82,83)/t68-,69-,70-/m1/s1. The van der Waals surface area contributed by atoms with Crippen LogP contribution in [-0.4, -0.2) is 96.7 Å². The lowest BCUT2D eigenvalue weighted by molar-refractivity contribution is -0.161. The summed E-state index contributed by atoms with van der Waals surface area (Å²) in [6, 6.07) is 0. The van der Waals surface area contributed by atoms with E-state index in [1.165, 1.54) is 167 Å². The van der Waals surface area contributed by atoms with Gasteiger partial charge in [-0.1, -0.05) is 319 Å². The predicted molar refractivity (Wildman–Crippen MR) is 377 cm³/mol. The Balaban J connectivity index is 5.24. The minimum absolute atomic E-state index is 0.104. The summed E-state index contributed by atoms with van der Waals surface area (Å²) in [5.41, 5.74) is 0. The number of carbonyl (C=O) groups excluding carboxylic acids is 4. The summed E-state index contributed by atoms with van der Waals surface area (Å²) in [7, 11) is -9.91. The van der Waals surface area contributed by atoms with E-state index in [9.17, 15) is 43.2 Å². The van der Waals surface area contributed by atoms with Crippen molar-refractivity contribution in [3.8, 4) is 0 Å². The molecule has 0 heterocycles. The zero-order valence-electron chi connectivity index (χ0n) is 60.9. The maximum absolute atomic E-state index is 13.1. The van der Waals surface area contributed by atoms with Crippen molar-refractivity contribution in [1.29, 1.82) is 0 Å². The van der Waals surface area contributed by atoms with Crippen molar-refractivity contribution in [3.63, 3.8) is 0 Å². The Hall–Kier alpha value is -1.94. The molecule has 0 bridgehead atoms. The Morgan fingerprint density at radius 3 is 0.667 bits per heavy atom. The fraction of sp³-hybridized carbons (Fsp3) is 0.946. The number of ether oxygens (including phenoxy) is 4. The van der Waals surface area contributed by atoms with Gasteiger partial charge in [0, 0.05) is 25.7 Å². The lowest BCUT2D eigenvalue weighted by Gasteiger charge is -2.21. The normalized spacial score (nSPS) is 14.2. The van der Waals surface area contributed by atoms with Crippen LogP contribution in [0.15, 0.2) is 0 Å². The smallest absolute Gasteiger partial charge is 0.462 e. The highest BCUT2D eigenvalue weighted by Gasteiger charge is 2.30. The summed E-state index contributed by atoms with van der Waals surface area (Å²) in [4.78, 5) is 72.7. The molecule has 19 heteroatoms. The number of phosphoric acid groups is 2. The van der Waals surface area contributed by atoms with Crippen molar-refractivity contribution in [3.05, 3.63) is 0 Å². The number of aliphatic hydroxyl groups is 1. The first-order valence-corrected chi connectivity index (χ1v) is 41.2. The number of phosphoric ester groups is 2. The van der Waals surface area contributed by atoms with Crippen LogP contribution in [0.5, 0.6) is 0 Å². The van der Waals surface area contributed by atoms with E-state index in [0.717, 1.165) is 114 Å². The summed E-state index contributed by atoms with van der Waals surface area (Å²) in [5, 5.41) is 10.6. The first-order valence-electron chi connectivity index (χ1n) is 38.2. The van der Waals surface area contributed by atoms with Crippen LogP contribution >= 0.6 is 15.6 Å². The van der Waals surface area contributed by atoms with E-state index in [4.69, 9.17) is 37.0 Å². The van der Waals surface area contributed by atoms with Crippen molar-refractivity contribution < 1.29 is 80.2 Å². The molecule has 93 heavy (non-hydrogen) atoms. The molecular formula is C74H144O17P2. The summed E-state index contributed by atoms with van der Waals surface area (Å²) < 4.78 is 68.4. The van der Waals surface area contributed by atoms with Crippen LogP contribution in [-0.2, 0) is 65.4 Å². The summed E-state index contributed by atoms with van der Waals surface area (Å²) in [5.74, 6) is 0.866. The molecule has 0 aliphatic rings. The number of esters is 4. The third-order valence-electron chi connectivity index (χ3n) is 17.1. The summed E-state index contributed by atoms with van der Waals surface area (Å²) >= 11 is 0. The third-order valence-corrected chi connectivity index (χ3v) is 19.0. The molecule has 0 aromatic rings. The van der Waals surface area contributed by atoms with Crippen LogP contribution in [0, 0.1) is 23.7 Å². The van der Waals surface area contributed by atoms with E-state index in [-0.39, 0.29) is 25.7 Å². The fourth-order valence-electron chi connectivity index (χ4n) is 11.2. The van der Waals surface area contributed by atoms with Gasteiger partial charge in [-0.2, -0.15) is 0 Å². The number of hydrogen-bond acceptors (Lipinski definition) is 15. The molecule has 0 aromatic heterocycles. The number of hydrogen-bond donors (Lipinski definition) is 3. The molecule has 0 amide bonds. The quantitative estimate of drug-likeness (QED) is 0.0222. The Labute approximate surface area is 568 Å². The molecule has 0 spiro atoms. The third kappa shape index (κ3) is 68.4. The van der Waals surface area contributed by atoms with Crippen molar-refractivity contribution in [2.75, 3.05) is 39.6 Å². The molecule has 0 saturated heterocycles. The van der Waals surface area contributed by atoms with Crippen LogP contribution in [0.3, 0.4) is 0 Å². The van der Waals surface area contributed by atoms with Crippen LogP contribution in [0.25, 0.3) is 0 Å². The van der Waals surface area contributed by atoms with Gasteiger partial charge in [0.25, 0.3) is 0 Å². The van der Waals surface area contributed by atoms with E-state index < -0.39 is 97.5 Å². The van der Waals surface area contributed by atoms with Gasteiger partial charge in [0.2, 0.25) is 0 Å². The number of carbonyl (C=O) groups is 4. The first-order chi connectivity index (χ1) is 44.6. The molecule has 0 aliphatic heterocycles. The second kappa shape index (κ2) is 63.5.